The van der Waals surface area contributed by atoms with Gasteiger partial charge in [0.2, 0.25) is 0 Å². The summed E-state index contributed by atoms with van der Waals surface area (Å²) in [5.41, 5.74) is 0.924. The van der Waals surface area contributed by atoms with E-state index in [0.29, 0.717) is 12.4 Å². The Kier molecular flexibility index (Phi) is 6.67. The van der Waals surface area contributed by atoms with Crippen molar-refractivity contribution in [2.24, 2.45) is 0 Å². The first-order valence-corrected chi connectivity index (χ1v) is 9.01. The molecule has 1 N–H and O–H groups in total. The molecule has 0 amide bonds. The van der Waals surface area contributed by atoms with E-state index in [2.05, 4.69) is 0 Å². The Morgan fingerprint density at radius 3 is 2.50 bits per heavy atom. The second kappa shape index (κ2) is 8.75. The van der Waals surface area contributed by atoms with Crippen LogP contribution in [0.3, 0.4) is 0 Å². The molecule has 0 saturated heterocycles. The van der Waals surface area contributed by atoms with Crippen LogP contribution in [0.2, 0.25) is 0 Å². The van der Waals surface area contributed by atoms with E-state index in [0.717, 1.165) is 9.13 Å². The molecular weight excluding hydrogens is 395 g/mol. The number of aromatic hydroxyl groups is 1. The van der Waals surface area contributed by atoms with Crippen molar-refractivity contribution in [2.45, 2.75) is 6.42 Å². The van der Waals surface area contributed by atoms with Gasteiger partial charge >= 0.3 is 140 Å². The fourth-order valence-electron chi connectivity index (χ4n) is 1.77. The minimum absolute atomic E-state index is 0.250. The third-order valence-corrected chi connectivity index (χ3v) is 5.71. The van der Waals surface area contributed by atoms with Gasteiger partial charge in [0.25, 0.3) is 0 Å². The van der Waals surface area contributed by atoms with Crippen molar-refractivity contribution < 1.29 is 40.6 Å². The number of phenols is 1. The fourth-order valence-corrected chi connectivity index (χ4v) is 4.00. The molecule has 0 unspecified atom stereocenters. The molecular formula is C17H18IO4-. The Labute approximate surface area is 140 Å². The van der Waals surface area contributed by atoms with Gasteiger partial charge < -0.3 is 0 Å². The number of halogens is 1. The van der Waals surface area contributed by atoms with Crippen molar-refractivity contribution >= 4 is 5.97 Å². The van der Waals surface area contributed by atoms with E-state index in [1.165, 1.54) is 3.57 Å². The summed E-state index contributed by atoms with van der Waals surface area (Å²) in [6.07, 6.45) is 0.263. The predicted octanol–water partition coefficient (Wildman–Crippen LogP) is -0.747. The number of rotatable bonds is 7. The molecule has 0 atom stereocenters. The Morgan fingerprint density at radius 1 is 1.09 bits per heavy atom. The Bertz CT molecular complexity index is 610. The van der Waals surface area contributed by atoms with Gasteiger partial charge in [0.05, 0.1) is 0 Å². The third kappa shape index (κ3) is 5.31. The Morgan fingerprint density at radius 2 is 1.82 bits per heavy atom. The molecule has 0 spiro atoms. The Balaban J connectivity index is 1.90. The van der Waals surface area contributed by atoms with E-state index in [-0.39, 0.29) is 19.0 Å². The van der Waals surface area contributed by atoms with E-state index in [1.807, 2.05) is 42.5 Å². The van der Waals surface area contributed by atoms with Gasteiger partial charge in [-0.3, -0.25) is 0 Å². The number of hydrogen-bond acceptors (Lipinski definition) is 4. The molecule has 118 valence electrons. The molecule has 0 aliphatic carbocycles. The number of phenolic OH excluding ortho intramolecular Hbond substituents is 1. The molecule has 0 aromatic heterocycles. The minimum atomic E-state index is -0.422. The normalized spacial score (nSPS) is 10.6. The van der Waals surface area contributed by atoms with Crippen LogP contribution in [0.15, 0.2) is 48.5 Å². The summed E-state index contributed by atoms with van der Waals surface area (Å²) in [6.45, 7) is 0.696. The number of benzene rings is 2. The second-order valence-electron chi connectivity index (χ2n) is 4.56. The van der Waals surface area contributed by atoms with Gasteiger partial charge in [0.1, 0.15) is 0 Å². The van der Waals surface area contributed by atoms with Crippen LogP contribution >= 0.6 is 0 Å². The molecule has 0 aliphatic rings. The van der Waals surface area contributed by atoms with Crippen molar-refractivity contribution in [3.63, 3.8) is 0 Å². The summed E-state index contributed by atoms with van der Waals surface area (Å²) in [4.78, 5) is 11.6. The topological polar surface area (TPSA) is 55.8 Å². The summed E-state index contributed by atoms with van der Waals surface area (Å²) in [5.74, 6) is 0.0984. The number of para-hydroxylation sites is 1. The van der Waals surface area contributed by atoms with E-state index < -0.39 is 21.2 Å². The summed E-state index contributed by atoms with van der Waals surface area (Å²) < 4.78 is 12.1. The third-order valence-electron chi connectivity index (χ3n) is 2.88. The van der Waals surface area contributed by atoms with Gasteiger partial charge in [-0.1, -0.05) is 0 Å². The molecule has 4 nitrogen and oxygen atoms in total. The van der Waals surface area contributed by atoms with E-state index in [9.17, 15) is 9.90 Å². The van der Waals surface area contributed by atoms with Crippen molar-refractivity contribution in [3.8, 4) is 5.75 Å². The summed E-state index contributed by atoms with van der Waals surface area (Å²) >= 11 is -0.422. The van der Waals surface area contributed by atoms with E-state index >= 15 is 0 Å². The van der Waals surface area contributed by atoms with Gasteiger partial charge in [0, 0.05) is 0 Å². The first-order valence-electron chi connectivity index (χ1n) is 6.85. The van der Waals surface area contributed by atoms with Crippen molar-refractivity contribution in [3.05, 3.63) is 61.2 Å². The first-order chi connectivity index (χ1) is 10.7. The summed E-state index contributed by atoms with van der Waals surface area (Å²) in [5, 5.41) is 9.80. The molecule has 0 bridgehead atoms. The molecule has 5 heteroatoms. The molecule has 2 aromatic carbocycles. The molecule has 0 heterocycles. The zero-order chi connectivity index (χ0) is 15.8. The average Bonchev–Trinajstić information content (AvgIpc) is 2.52. The number of hydrogen-bond donors (Lipinski definition) is 1. The zero-order valence-corrected chi connectivity index (χ0v) is 14.4. The fraction of sp³-hybridized carbons (Fsp3) is 0.235. The monoisotopic (exact) mass is 413 g/mol. The number of carbonyl (C=O) groups is 1. The van der Waals surface area contributed by atoms with Crippen LogP contribution < -0.4 is 21.2 Å². The van der Waals surface area contributed by atoms with E-state index in [1.54, 1.807) is 13.2 Å². The van der Waals surface area contributed by atoms with Gasteiger partial charge in [-0.05, 0) is 0 Å². The molecule has 0 radical (unpaired) electrons. The van der Waals surface area contributed by atoms with Crippen LogP contribution in [0.4, 0.5) is 0 Å². The van der Waals surface area contributed by atoms with Crippen LogP contribution in [-0.4, -0.2) is 31.4 Å². The standard InChI is InChI=1S/C17H18IO4/c1-21-10-11-22-17(20)12-13-6-8-14(9-7-13)18-15-4-2-3-5-16(15)19/h2-9,19H,10-12H2,1H3/q-1. The maximum atomic E-state index is 11.6. The van der Waals surface area contributed by atoms with Gasteiger partial charge in [-0.15, -0.1) is 0 Å². The van der Waals surface area contributed by atoms with Crippen molar-refractivity contribution in [1.82, 2.24) is 0 Å². The molecule has 0 aliphatic heterocycles. The molecule has 2 rings (SSSR count). The molecule has 2 aromatic rings. The average molecular weight is 413 g/mol. The van der Waals surface area contributed by atoms with Crippen LogP contribution in [0.5, 0.6) is 5.75 Å². The van der Waals surface area contributed by atoms with E-state index in [4.69, 9.17) is 9.47 Å². The second-order valence-corrected chi connectivity index (χ2v) is 7.51. The molecule has 0 fully saturated rings. The summed E-state index contributed by atoms with van der Waals surface area (Å²) in [6, 6.07) is 15.3. The van der Waals surface area contributed by atoms with Gasteiger partial charge in [-0.25, -0.2) is 0 Å². The van der Waals surface area contributed by atoms with Gasteiger partial charge in [-0.2, -0.15) is 0 Å². The quantitative estimate of drug-likeness (QED) is 0.369. The first kappa shape index (κ1) is 16.8. The zero-order valence-electron chi connectivity index (χ0n) is 12.3. The van der Waals surface area contributed by atoms with Crippen LogP contribution in [0.25, 0.3) is 0 Å². The maximum absolute atomic E-state index is 11.6. The number of ether oxygens (including phenoxy) is 2. The SMILES string of the molecule is COCCOC(=O)Cc1ccc([I-]c2ccccc2O)cc1. The van der Waals surface area contributed by atoms with Gasteiger partial charge in [0.15, 0.2) is 0 Å². The number of esters is 1. The van der Waals surface area contributed by atoms with Crippen molar-refractivity contribution in [2.75, 3.05) is 20.3 Å². The predicted molar refractivity (Wildman–Crippen MR) is 78.5 cm³/mol. The summed E-state index contributed by atoms with van der Waals surface area (Å²) in [7, 11) is 1.57. The number of methoxy groups -OCH3 is 1. The molecule has 0 saturated carbocycles. The van der Waals surface area contributed by atoms with Crippen LogP contribution in [0.1, 0.15) is 5.56 Å². The van der Waals surface area contributed by atoms with Crippen molar-refractivity contribution in [1.29, 1.82) is 0 Å². The Hall–Kier alpha value is -1.60. The number of carbonyl (C=O) groups excluding carboxylic acids is 1. The molecule has 22 heavy (non-hydrogen) atoms. The van der Waals surface area contributed by atoms with Crippen LogP contribution in [0, 0.1) is 7.14 Å². The van der Waals surface area contributed by atoms with Crippen LogP contribution in [-0.2, 0) is 20.7 Å².